The predicted molar refractivity (Wildman–Crippen MR) is 98.6 cm³/mol. The summed E-state index contributed by atoms with van der Waals surface area (Å²) in [6, 6.07) is 2.50. The van der Waals surface area contributed by atoms with Gasteiger partial charge in [0.1, 0.15) is 22.8 Å². The van der Waals surface area contributed by atoms with E-state index in [2.05, 4.69) is 4.99 Å². The molecule has 1 aromatic carbocycles. The number of aliphatic hydroxyl groups excluding tert-OH is 2. The van der Waals surface area contributed by atoms with Gasteiger partial charge in [0.25, 0.3) is 5.91 Å². The van der Waals surface area contributed by atoms with Crippen molar-refractivity contribution in [1.29, 1.82) is 0 Å². The maximum absolute atomic E-state index is 13.1. The number of amides is 1. The van der Waals surface area contributed by atoms with Crippen LogP contribution in [0.4, 0.5) is 5.69 Å². The van der Waals surface area contributed by atoms with Crippen LogP contribution in [0.2, 0.25) is 0 Å². The second-order valence-corrected chi connectivity index (χ2v) is 7.57. The normalized spacial score (nSPS) is 27.8. The molecule has 10 heteroatoms. The Balaban J connectivity index is 1.93. The number of Topliss-reactive ketones (excluding diaryl/α,β-unsaturated/α-hetero) is 2. The van der Waals surface area contributed by atoms with Gasteiger partial charge in [0.15, 0.2) is 11.4 Å². The fraction of sp³-hybridized carbons (Fsp3) is 0.300. The summed E-state index contributed by atoms with van der Waals surface area (Å²) in [5.74, 6) is -7.03. The second-order valence-electron chi connectivity index (χ2n) is 7.57. The van der Waals surface area contributed by atoms with Crippen LogP contribution >= 0.6 is 0 Å². The maximum atomic E-state index is 13.1. The summed E-state index contributed by atoms with van der Waals surface area (Å²) in [4.78, 5) is 51.8. The van der Waals surface area contributed by atoms with E-state index in [9.17, 15) is 39.6 Å². The molecule has 0 aromatic heterocycles. The molecule has 0 heterocycles. The Hall–Kier alpha value is -3.75. The minimum atomic E-state index is -2.61. The fourth-order valence-electron chi connectivity index (χ4n) is 4.76. The molecule has 1 aromatic rings. The molecule has 6 N–H and O–H groups in total. The van der Waals surface area contributed by atoms with Gasteiger partial charge in [-0.2, -0.15) is 4.99 Å². The second kappa shape index (κ2) is 6.38. The van der Waals surface area contributed by atoms with Gasteiger partial charge < -0.3 is 26.2 Å². The van der Waals surface area contributed by atoms with Crippen molar-refractivity contribution < 1.29 is 39.6 Å². The average Bonchev–Trinajstić information content (AvgIpc) is 2.66. The van der Waals surface area contributed by atoms with E-state index >= 15 is 0 Å². The molecular weight excluding hydrogens is 396 g/mol. The van der Waals surface area contributed by atoms with E-state index in [0.29, 0.717) is 0 Å². The van der Waals surface area contributed by atoms with E-state index in [1.54, 1.807) is 0 Å². The summed E-state index contributed by atoms with van der Waals surface area (Å²) in [5.41, 5.74) is 1.62. The number of rotatable bonds is 2. The Bertz CT molecular complexity index is 1160. The van der Waals surface area contributed by atoms with Crippen molar-refractivity contribution in [3.63, 3.8) is 0 Å². The van der Waals surface area contributed by atoms with Crippen molar-refractivity contribution in [3.05, 3.63) is 45.9 Å². The number of primary amides is 1. The van der Waals surface area contributed by atoms with Crippen LogP contribution in [0.1, 0.15) is 28.8 Å². The Kier molecular flexibility index (Phi) is 4.16. The molecule has 1 amide bonds. The summed E-state index contributed by atoms with van der Waals surface area (Å²) in [5, 5.41) is 42.2. The van der Waals surface area contributed by atoms with Gasteiger partial charge in [0, 0.05) is 17.9 Å². The summed E-state index contributed by atoms with van der Waals surface area (Å²) in [6.07, 6.45) is 1.15. The van der Waals surface area contributed by atoms with Gasteiger partial charge in [0.05, 0.1) is 11.3 Å². The highest BCUT2D eigenvalue weighted by molar-refractivity contribution is 6.24. The third-order valence-corrected chi connectivity index (χ3v) is 6.09. The Labute approximate surface area is 168 Å². The van der Waals surface area contributed by atoms with Gasteiger partial charge in [-0.1, -0.05) is 0 Å². The van der Waals surface area contributed by atoms with Crippen LogP contribution in [0, 0.1) is 11.8 Å². The number of carbonyl (C=O) groups is 3. The molecule has 0 bridgehead atoms. The number of phenols is 1. The van der Waals surface area contributed by atoms with Crippen molar-refractivity contribution in [2.75, 3.05) is 0 Å². The number of phenolic OH excluding ortho intramolecular Hbond substituents is 1. The molecule has 0 saturated carbocycles. The topological polar surface area (TPSA) is 188 Å². The number of fused-ring (bicyclic) bond motifs is 3. The zero-order valence-corrected chi connectivity index (χ0v) is 15.4. The predicted octanol–water partition coefficient (Wildman–Crippen LogP) is 0.548. The molecule has 0 radical (unpaired) electrons. The van der Waals surface area contributed by atoms with Gasteiger partial charge >= 0.3 is 0 Å². The zero-order valence-electron chi connectivity index (χ0n) is 15.4. The van der Waals surface area contributed by atoms with Crippen LogP contribution in [0.3, 0.4) is 0 Å². The molecule has 3 aliphatic carbocycles. The first-order valence-electron chi connectivity index (χ1n) is 9.02. The van der Waals surface area contributed by atoms with Crippen LogP contribution in [-0.4, -0.2) is 49.6 Å². The standard InChI is InChI=1S/C20H16N2O8/c21-19(29)15-12(25)5-8-3-7-4-9-10(22-6-23)1-2-11(24)14(9)16(26)13(7)17(27)20(8,30)18(15)28/h1-2,7-8,24-25,27,30H,3-5H2,(H2,21,29)/t7-,8+,20+/m1/s1. The van der Waals surface area contributed by atoms with E-state index in [0.717, 1.165) is 6.07 Å². The number of hydrogen-bond donors (Lipinski definition) is 5. The Morgan fingerprint density at radius 2 is 1.90 bits per heavy atom. The van der Waals surface area contributed by atoms with Gasteiger partial charge in [-0.15, -0.1) is 0 Å². The first kappa shape index (κ1) is 19.6. The number of hydrogen-bond acceptors (Lipinski definition) is 9. The molecule has 3 atom stereocenters. The first-order chi connectivity index (χ1) is 14.1. The molecule has 10 nitrogen and oxygen atoms in total. The van der Waals surface area contributed by atoms with Gasteiger partial charge in [0.2, 0.25) is 11.9 Å². The number of aliphatic hydroxyl groups is 3. The molecule has 0 aliphatic heterocycles. The first-order valence-corrected chi connectivity index (χ1v) is 9.02. The van der Waals surface area contributed by atoms with Crippen LogP contribution < -0.4 is 5.73 Å². The van der Waals surface area contributed by atoms with Crippen LogP contribution in [-0.2, 0) is 20.8 Å². The van der Waals surface area contributed by atoms with E-state index in [-0.39, 0.29) is 41.6 Å². The SMILES string of the molecule is NC(=O)C1=C(O)C[C@@H]2C[C@@H]3Cc4c(N=C=O)ccc(O)c4C(=O)C3=C(O)[C@]2(O)C1=O. The van der Waals surface area contributed by atoms with E-state index in [4.69, 9.17) is 5.73 Å². The number of nitrogens with zero attached hydrogens (tertiary/aromatic N) is 1. The minimum Gasteiger partial charge on any atom is -0.511 e. The number of isocyanates is 1. The van der Waals surface area contributed by atoms with Gasteiger partial charge in [-0.25, -0.2) is 4.79 Å². The third kappa shape index (κ3) is 2.38. The number of aliphatic imine (C=N–C) groups is 1. The number of benzene rings is 1. The highest BCUT2D eigenvalue weighted by atomic mass is 16.3. The molecule has 154 valence electrons. The lowest BCUT2D eigenvalue weighted by molar-refractivity contribution is -0.144. The number of ketones is 2. The Morgan fingerprint density at radius 1 is 1.20 bits per heavy atom. The monoisotopic (exact) mass is 412 g/mol. The van der Waals surface area contributed by atoms with E-state index < -0.39 is 57.8 Å². The van der Waals surface area contributed by atoms with Crippen LogP contribution in [0.15, 0.2) is 39.8 Å². The van der Waals surface area contributed by atoms with Crippen molar-refractivity contribution in [3.8, 4) is 5.75 Å². The van der Waals surface area contributed by atoms with Crippen LogP contribution in [0.25, 0.3) is 0 Å². The lowest BCUT2D eigenvalue weighted by atomic mass is 9.60. The maximum Gasteiger partial charge on any atom is 0.255 e. The van der Waals surface area contributed by atoms with Crippen LogP contribution in [0.5, 0.6) is 5.75 Å². The number of allylic oxidation sites excluding steroid dienone is 2. The Morgan fingerprint density at radius 3 is 2.53 bits per heavy atom. The van der Waals surface area contributed by atoms with Gasteiger partial charge in [-0.05, 0) is 36.5 Å². The highest BCUT2D eigenvalue weighted by Crippen LogP contribution is 2.52. The zero-order chi connectivity index (χ0) is 22.0. The van der Waals surface area contributed by atoms with E-state index in [1.807, 2.05) is 0 Å². The lowest BCUT2D eigenvalue weighted by Gasteiger charge is -2.45. The van der Waals surface area contributed by atoms with E-state index in [1.165, 1.54) is 12.1 Å². The number of aromatic hydroxyl groups is 1. The summed E-state index contributed by atoms with van der Waals surface area (Å²) in [7, 11) is 0. The molecule has 0 fully saturated rings. The molecule has 30 heavy (non-hydrogen) atoms. The molecule has 3 aliphatic rings. The highest BCUT2D eigenvalue weighted by Gasteiger charge is 2.59. The average molecular weight is 412 g/mol. The van der Waals surface area contributed by atoms with Crippen molar-refractivity contribution in [1.82, 2.24) is 0 Å². The quantitative estimate of drug-likeness (QED) is 0.264. The molecule has 4 rings (SSSR count). The lowest BCUT2D eigenvalue weighted by Crippen LogP contribution is -2.57. The third-order valence-electron chi connectivity index (χ3n) is 6.09. The number of nitrogens with two attached hydrogens (primary N) is 1. The van der Waals surface area contributed by atoms with Crippen molar-refractivity contribution in [2.24, 2.45) is 22.6 Å². The molecule has 0 spiro atoms. The number of carbonyl (C=O) groups excluding carboxylic acids is 4. The molecule has 0 unspecified atom stereocenters. The summed E-state index contributed by atoms with van der Waals surface area (Å²) in [6.45, 7) is 0. The van der Waals surface area contributed by atoms with Crippen molar-refractivity contribution >= 4 is 29.2 Å². The largest absolute Gasteiger partial charge is 0.511 e. The minimum absolute atomic E-state index is 0.00279. The molecular formula is C20H16N2O8. The summed E-state index contributed by atoms with van der Waals surface area (Å²) < 4.78 is 0. The smallest absolute Gasteiger partial charge is 0.255 e. The molecule has 0 saturated heterocycles. The van der Waals surface area contributed by atoms with Gasteiger partial charge in [-0.3, -0.25) is 14.4 Å². The van der Waals surface area contributed by atoms with Crippen molar-refractivity contribution in [2.45, 2.75) is 24.9 Å². The summed E-state index contributed by atoms with van der Waals surface area (Å²) >= 11 is 0. The fourth-order valence-corrected chi connectivity index (χ4v) is 4.76.